The van der Waals surface area contributed by atoms with Crippen LogP contribution in [0.15, 0.2) is 43.0 Å². The fraction of sp³-hybridized carbons (Fsp3) is 0.381. The van der Waals surface area contributed by atoms with Crippen LogP contribution in [0.2, 0.25) is 0 Å². The Balaban J connectivity index is 1.62. The van der Waals surface area contributed by atoms with Gasteiger partial charge in [-0.3, -0.25) is 0 Å². The fourth-order valence-electron chi connectivity index (χ4n) is 3.97. The molecule has 5 nitrogen and oxygen atoms in total. The smallest absolute Gasteiger partial charge is 0.140 e. The Morgan fingerprint density at radius 3 is 2.50 bits per heavy atom. The summed E-state index contributed by atoms with van der Waals surface area (Å²) in [6.07, 6.45) is 6.63. The van der Waals surface area contributed by atoms with E-state index < -0.39 is 0 Å². The van der Waals surface area contributed by atoms with Crippen LogP contribution in [0.4, 0.5) is 5.82 Å². The maximum atomic E-state index is 4.69. The van der Waals surface area contributed by atoms with Crippen molar-refractivity contribution in [3.8, 4) is 11.1 Å². The van der Waals surface area contributed by atoms with Crippen LogP contribution < -0.4 is 4.90 Å². The molecule has 5 heteroatoms. The third kappa shape index (κ3) is 3.09. The van der Waals surface area contributed by atoms with Crippen molar-refractivity contribution in [1.29, 1.82) is 0 Å². The van der Waals surface area contributed by atoms with Crippen molar-refractivity contribution in [3.63, 3.8) is 0 Å². The monoisotopic (exact) mass is 347 g/mol. The summed E-state index contributed by atoms with van der Waals surface area (Å²) < 4.78 is 0. The minimum absolute atomic E-state index is 0.533. The second-order valence-electron chi connectivity index (χ2n) is 6.91. The zero-order valence-electron chi connectivity index (χ0n) is 15.4. The molecule has 1 fully saturated rings. The lowest BCUT2D eigenvalue weighted by Gasteiger charge is -2.34. The van der Waals surface area contributed by atoms with Crippen LogP contribution in [-0.4, -0.2) is 33.0 Å². The zero-order valence-corrected chi connectivity index (χ0v) is 15.4. The molecule has 0 spiro atoms. The largest absolute Gasteiger partial charge is 0.356 e. The Morgan fingerprint density at radius 1 is 1.08 bits per heavy atom. The Labute approximate surface area is 154 Å². The van der Waals surface area contributed by atoms with Crippen LogP contribution in [0.1, 0.15) is 42.8 Å². The van der Waals surface area contributed by atoms with Gasteiger partial charge in [-0.05, 0) is 31.7 Å². The maximum Gasteiger partial charge on any atom is 0.140 e. The number of hydrogen-bond acceptors (Lipinski definition) is 4. The molecule has 134 valence electrons. The van der Waals surface area contributed by atoms with E-state index in [4.69, 9.17) is 0 Å². The number of imidazole rings is 1. The van der Waals surface area contributed by atoms with Gasteiger partial charge in [0, 0.05) is 30.3 Å². The molecule has 26 heavy (non-hydrogen) atoms. The molecule has 0 aliphatic carbocycles. The predicted molar refractivity (Wildman–Crippen MR) is 104 cm³/mol. The van der Waals surface area contributed by atoms with Gasteiger partial charge < -0.3 is 9.88 Å². The SMILES string of the molecule is CCc1ncnc(N2CCC(c3nc[nH]c3C)CC2)c1-c1ccccc1. The summed E-state index contributed by atoms with van der Waals surface area (Å²) in [7, 11) is 0. The number of nitrogens with one attached hydrogen (secondary N) is 1. The van der Waals surface area contributed by atoms with Gasteiger partial charge in [0.1, 0.15) is 12.1 Å². The number of aryl methyl sites for hydroxylation is 2. The lowest BCUT2D eigenvalue weighted by Crippen LogP contribution is -2.34. The molecule has 0 radical (unpaired) electrons. The number of piperidine rings is 1. The van der Waals surface area contributed by atoms with E-state index in [0.29, 0.717) is 5.92 Å². The van der Waals surface area contributed by atoms with Crippen LogP contribution in [0.3, 0.4) is 0 Å². The Kier molecular flexibility index (Phi) is 4.69. The van der Waals surface area contributed by atoms with Gasteiger partial charge in [0.15, 0.2) is 0 Å². The molecule has 0 atom stereocenters. The zero-order chi connectivity index (χ0) is 17.9. The van der Waals surface area contributed by atoms with E-state index >= 15 is 0 Å². The molecule has 1 aromatic carbocycles. The van der Waals surface area contributed by atoms with Crippen LogP contribution in [0.25, 0.3) is 11.1 Å². The highest BCUT2D eigenvalue weighted by atomic mass is 15.2. The molecule has 0 unspecified atom stereocenters. The van der Waals surface area contributed by atoms with Crippen molar-refractivity contribution in [2.75, 3.05) is 18.0 Å². The second-order valence-corrected chi connectivity index (χ2v) is 6.91. The molecule has 1 aliphatic rings. The number of H-pyrrole nitrogens is 1. The molecule has 1 N–H and O–H groups in total. The number of aromatic nitrogens is 4. The van der Waals surface area contributed by atoms with Crippen molar-refractivity contribution >= 4 is 5.82 Å². The molecular formula is C21H25N5. The van der Waals surface area contributed by atoms with Crippen molar-refractivity contribution in [3.05, 3.63) is 60.1 Å². The van der Waals surface area contributed by atoms with Crippen LogP contribution in [0, 0.1) is 6.92 Å². The van der Waals surface area contributed by atoms with Gasteiger partial charge >= 0.3 is 0 Å². The van der Waals surface area contributed by atoms with Gasteiger partial charge in [0.2, 0.25) is 0 Å². The standard InChI is InChI=1S/C21H25N5/c1-3-18-19(16-7-5-4-6-8-16)21(25-14-23-18)26-11-9-17(10-12-26)20-15(2)22-13-24-20/h4-8,13-14,17H,3,9-12H2,1-2H3,(H,22,24). The second kappa shape index (κ2) is 7.28. The van der Waals surface area contributed by atoms with E-state index in [1.54, 1.807) is 6.33 Å². The highest BCUT2D eigenvalue weighted by Gasteiger charge is 2.26. The van der Waals surface area contributed by atoms with E-state index in [9.17, 15) is 0 Å². The van der Waals surface area contributed by atoms with Gasteiger partial charge in [-0.1, -0.05) is 37.3 Å². The van der Waals surface area contributed by atoms with Gasteiger partial charge in [0.25, 0.3) is 0 Å². The van der Waals surface area contributed by atoms with Crippen molar-refractivity contribution in [2.45, 2.75) is 39.0 Å². The average Bonchev–Trinajstić information content (AvgIpc) is 3.14. The van der Waals surface area contributed by atoms with E-state index in [1.165, 1.54) is 22.5 Å². The predicted octanol–water partition coefficient (Wildman–Crippen LogP) is 4.12. The minimum Gasteiger partial charge on any atom is -0.356 e. The number of aromatic amines is 1. The highest BCUT2D eigenvalue weighted by Crippen LogP contribution is 2.35. The lowest BCUT2D eigenvalue weighted by atomic mass is 9.92. The van der Waals surface area contributed by atoms with Crippen molar-refractivity contribution in [1.82, 2.24) is 19.9 Å². The topological polar surface area (TPSA) is 57.7 Å². The third-order valence-electron chi connectivity index (χ3n) is 5.35. The van der Waals surface area contributed by atoms with Gasteiger partial charge in [-0.2, -0.15) is 0 Å². The number of hydrogen-bond donors (Lipinski definition) is 1. The number of nitrogens with zero attached hydrogens (tertiary/aromatic N) is 4. The van der Waals surface area contributed by atoms with Crippen molar-refractivity contribution < 1.29 is 0 Å². The van der Waals surface area contributed by atoms with Crippen molar-refractivity contribution in [2.24, 2.45) is 0 Å². The van der Waals surface area contributed by atoms with E-state index in [0.717, 1.165) is 43.9 Å². The summed E-state index contributed by atoms with van der Waals surface area (Å²) >= 11 is 0. The fourth-order valence-corrected chi connectivity index (χ4v) is 3.97. The third-order valence-corrected chi connectivity index (χ3v) is 5.35. The van der Waals surface area contributed by atoms with Gasteiger partial charge in [0.05, 0.1) is 17.7 Å². The number of rotatable bonds is 4. The summed E-state index contributed by atoms with van der Waals surface area (Å²) in [5.41, 5.74) is 5.93. The van der Waals surface area contributed by atoms with E-state index in [2.05, 4.69) is 69.0 Å². The first kappa shape index (κ1) is 16.8. The molecule has 3 aromatic rings. The van der Waals surface area contributed by atoms with E-state index in [-0.39, 0.29) is 0 Å². The van der Waals surface area contributed by atoms with Crippen LogP contribution in [-0.2, 0) is 6.42 Å². The number of benzene rings is 1. The Bertz CT molecular complexity index is 863. The molecule has 3 heterocycles. The average molecular weight is 347 g/mol. The first-order chi connectivity index (χ1) is 12.8. The molecule has 1 saturated heterocycles. The molecule has 4 rings (SSSR count). The van der Waals surface area contributed by atoms with Crippen LogP contribution in [0.5, 0.6) is 0 Å². The molecule has 0 amide bonds. The minimum atomic E-state index is 0.533. The molecular weight excluding hydrogens is 322 g/mol. The van der Waals surface area contributed by atoms with Crippen LogP contribution >= 0.6 is 0 Å². The Morgan fingerprint density at radius 2 is 1.85 bits per heavy atom. The maximum absolute atomic E-state index is 4.69. The van der Waals surface area contributed by atoms with Gasteiger partial charge in [-0.15, -0.1) is 0 Å². The quantitative estimate of drug-likeness (QED) is 0.771. The molecule has 0 bridgehead atoms. The highest BCUT2D eigenvalue weighted by molar-refractivity contribution is 5.78. The summed E-state index contributed by atoms with van der Waals surface area (Å²) in [6, 6.07) is 10.5. The summed E-state index contributed by atoms with van der Waals surface area (Å²) in [6.45, 7) is 6.26. The Hall–Kier alpha value is -2.69. The first-order valence-corrected chi connectivity index (χ1v) is 9.42. The molecule has 2 aromatic heterocycles. The first-order valence-electron chi connectivity index (χ1n) is 9.42. The summed E-state index contributed by atoms with van der Waals surface area (Å²) in [5.74, 6) is 1.60. The molecule has 1 aliphatic heterocycles. The van der Waals surface area contributed by atoms with E-state index in [1.807, 2.05) is 6.33 Å². The normalized spacial score (nSPS) is 15.4. The summed E-state index contributed by atoms with van der Waals surface area (Å²) in [5, 5.41) is 0. The lowest BCUT2D eigenvalue weighted by molar-refractivity contribution is 0.493. The van der Waals surface area contributed by atoms with Gasteiger partial charge in [-0.25, -0.2) is 15.0 Å². The molecule has 0 saturated carbocycles. The summed E-state index contributed by atoms with van der Waals surface area (Å²) in [4.78, 5) is 19.4. The number of anilines is 1.